The molecule has 1 aromatic heterocycles. The van der Waals surface area contributed by atoms with E-state index in [0.717, 1.165) is 6.42 Å². The molecule has 0 saturated heterocycles. The van der Waals surface area contributed by atoms with E-state index in [1.807, 2.05) is 14.0 Å². The van der Waals surface area contributed by atoms with Gasteiger partial charge in [-0.3, -0.25) is 0 Å². The third-order valence-corrected chi connectivity index (χ3v) is 2.93. The molecule has 0 saturated carbocycles. The summed E-state index contributed by atoms with van der Waals surface area (Å²) in [7, 11) is 2.03. The van der Waals surface area contributed by atoms with Crippen LogP contribution in [0.2, 0.25) is 0 Å². The Morgan fingerprint density at radius 1 is 1.73 bits per heavy atom. The van der Waals surface area contributed by atoms with Crippen molar-refractivity contribution in [1.29, 1.82) is 0 Å². The molecule has 62 valence electrons. The molecule has 1 aromatic rings. The van der Waals surface area contributed by atoms with Crippen molar-refractivity contribution in [2.24, 2.45) is 7.05 Å². The molecule has 11 heavy (non-hydrogen) atoms. The summed E-state index contributed by atoms with van der Waals surface area (Å²) in [5, 5.41) is 9.14. The van der Waals surface area contributed by atoms with Gasteiger partial charge in [0.1, 0.15) is 7.05 Å². The Bertz CT molecular complexity index is 242. The summed E-state index contributed by atoms with van der Waals surface area (Å²) in [5.41, 5.74) is 3.32. The van der Waals surface area contributed by atoms with Crippen LogP contribution in [0, 0.1) is 6.92 Å². The number of hydrogen-bond donors (Lipinski definition) is 1. The Hall–Kier alpha value is -0.410. The largest absolute Gasteiger partial charge is 0.393 e. The number of hydrogen-bond acceptors (Lipinski definition) is 2. The topological polar surface area (TPSA) is 24.1 Å². The molecule has 1 unspecified atom stereocenters. The second kappa shape index (κ2) is 3.32. The van der Waals surface area contributed by atoms with Crippen molar-refractivity contribution in [2.75, 3.05) is 0 Å². The van der Waals surface area contributed by atoms with Gasteiger partial charge in [-0.25, -0.2) is 0 Å². The lowest BCUT2D eigenvalue weighted by atomic mass is 10.2. The van der Waals surface area contributed by atoms with Crippen molar-refractivity contribution >= 4 is 11.3 Å². The van der Waals surface area contributed by atoms with Gasteiger partial charge >= 0.3 is 0 Å². The zero-order valence-corrected chi connectivity index (χ0v) is 7.98. The maximum Gasteiger partial charge on any atom is 0.224 e. The molecule has 1 rings (SSSR count). The monoisotopic (exact) mass is 172 g/mol. The number of thiazole rings is 1. The molecule has 1 atom stereocenters. The van der Waals surface area contributed by atoms with Crippen LogP contribution < -0.4 is 4.57 Å². The van der Waals surface area contributed by atoms with Crippen molar-refractivity contribution < 1.29 is 9.67 Å². The summed E-state index contributed by atoms with van der Waals surface area (Å²) in [6.07, 6.45) is 0.546. The number of aliphatic hydroxyl groups is 1. The van der Waals surface area contributed by atoms with Gasteiger partial charge in [0.15, 0.2) is 5.69 Å². The van der Waals surface area contributed by atoms with E-state index in [-0.39, 0.29) is 6.10 Å². The molecule has 0 aliphatic rings. The van der Waals surface area contributed by atoms with Crippen LogP contribution in [0.15, 0.2) is 5.51 Å². The van der Waals surface area contributed by atoms with Crippen molar-refractivity contribution in [3.63, 3.8) is 0 Å². The van der Waals surface area contributed by atoms with Gasteiger partial charge in [0, 0.05) is 13.3 Å². The van der Waals surface area contributed by atoms with Crippen LogP contribution in [0.1, 0.15) is 17.5 Å². The minimum Gasteiger partial charge on any atom is -0.393 e. The third kappa shape index (κ3) is 2.01. The van der Waals surface area contributed by atoms with Crippen molar-refractivity contribution in [3.8, 4) is 0 Å². The number of rotatable bonds is 2. The molecule has 0 bridgehead atoms. The first-order valence-corrected chi connectivity index (χ1v) is 4.60. The number of aliphatic hydroxyl groups excluding tert-OH is 1. The van der Waals surface area contributed by atoms with Gasteiger partial charge in [0.05, 0.1) is 11.0 Å². The first-order chi connectivity index (χ1) is 5.11. The average molecular weight is 172 g/mol. The highest BCUT2D eigenvalue weighted by atomic mass is 32.1. The van der Waals surface area contributed by atoms with Crippen LogP contribution in [0.5, 0.6) is 0 Å². The van der Waals surface area contributed by atoms with Crippen LogP contribution in [0.3, 0.4) is 0 Å². The van der Waals surface area contributed by atoms with Crippen LogP contribution in [-0.2, 0) is 13.5 Å². The van der Waals surface area contributed by atoms with Crippen LogP contribution in [0.4, 0.5) is 0 Å². The molecule has 0 aliphatic heterocycles. The zero-order valence-electron chi connectivity index (χ0n) is 7.16. The Morgan fingerprint density at radius 3 is 2.73 bits per heavy atom. The summed E-state index contributed by atoms with van der Waals surface area (Å²) in [5.74, 6) is 0. The zero-order chi connectivity index (χ0) is 8.43. The van der Waals surface area contributed by atoms with Crippen LogP contribution >= 0.6 is 11.3 Å². The third-order valence-electron chi connectivity index (χ3n) is 1.77. The van der Waals surface area contributed by atoms with Gasteiger partial charge in [-0.15, -0.1) is 0 Å². The molecule has 0 radical (unpaired) electrons. The van der Waals surface area contributed by atoms with E-state index in [9.17, 15) is 0 Å². The van der Waals surface area contributed by atoms with E-state index in [1.165, 1.54) is 10.6 Å². The molecular weight excluding hydrogens is 158 g/mol. The van der Waals surface area contributed by atoms with E-state index >= 15 is 0 Å². The summed E-state index contributed by atoms with van der Waals surface area (Å²) in [6, 6.07) is 0. The molecular formula is C8H14NOS+. The van der Waals surface area contributed by atoms with E-state index in [2.05, 4.69) is 17.0 Å². The smallest absolute Gasteiger partial charge is 0.224 e. The van der Waals surface area contributed by atoms with Crippen molar-refractivity contribution in [3.05, 3.63) is 16.1 Å². The lowest BCUT2D eigenvalue weighted by Gasteiger charge is -1.98. The molecule has 0 aromatic carbocycles. The fourth-order valence-electron chi connectivity index (χ4n) is 0.968. The normalized spacial score (nSPS) is 13.5. The minimum absolute atomic E-state index is 0.229. The number of aromatic nitrogens is 1. The first kappa shape index (κ1) is 8.68. The Kier molecular flexibility index (Phi) is 2.62. The number of aryl methyl sites for hydroxylation is 1. The van der Waals surface area contributed by atoms with Crippen molar-refractivity contribution in [2.45, 2.75) is 26.4 Å². The minimum atomic E-state index is -0.229. The predicted molar refractivity (Wildman–Crippen MR) is 45.6 cm³/mol. The second-order valence-electron chi connectivity index (χ2n) is 2.90. The molecule has 0 spiro atoms. The molecule has 0 fully saturated rings. The SMILES string of the molecule is Cc1c(CC(C)O)sc[n+]1C. The summed E-state index contributed by atoms with van der Waals surface area (Å²) in [6.45, 7) is 3.90. The summed E-state index contributed by atoms with van der Waals surface area (Å²) < 4.78 is 2.09. The summed E-state index contributed by atoms with van der Waals surface area (Å²) in [4.78, 5) is 1.28. The molecule has 1 heterocycles. The standard InChI is InChI=1S/C8H14NOS/c1-6(10)4-8-7(2)9(3)5-11-8/h5-6,10H,4H2,1-3H3/q+1. The lowest BCUT2D eigenvalue weighted by Crippen LogP contribution is -2.28. The van der Waals surface area contributed by atoms with Gasteiger partial charge in [-0.05, 0) is 6.92 Å². The van der Waals surface area contributed by atoms with E-state index in [1.54, 1.807) is 11.3 Å². The highest BCUT2D eigenvalue weighted by molar-refractivity contribution is 7.09. The maximum atomic E-state index is 9.14. The predicted octanol–water partition coefficient (Wildman–Crippen LogP) is 0.804. The number of nitrogens with zero attached hydrogens (tertiary/aromatic N) is 1. The maximum absolute atomic E-state index is 9.14. The van der Waals surface area contributed by atoms with Gasteiger partial charge in [-0.1, -0.05) is 11.3 Å². The lowest BCUT2D eigenvalue weighted by molar-refractivity contribution is -0.673. The van der Waals surface area contributed by atoms with Gasteiger partial charge in [0.25, 0.3) is 0 Å². The van der Waals surface area contributed by atoms with Crippen molar-refractivity contribution in [1.82, 2.24) is 0 Å². The van der Waals surface area contributed by atoms with Gasteiger partial charge in [0.2, 0.25) is 5.51 Å². The van der Waals surface area contributed by atoms with Crippen LogP contribution in [0.25, 0.3) is 0 Å². The Labute approximate surface area is 71.1 Å². The van der Waals surface area contributed by atoms with Gasteiger partial charge in [-0.2, -0.15) is 4.57 Å². The van der Waals surface area contributed by atoms with Gasteiger partial charge < -0.3 is 5.11 Å². The average Bonchev–Trinajstić information content (AvgIpc) is 2.18. The molecule has 0 amide bonds. The Balaban J connectivity index is 2.79. The highest BCUT2D eigenvalue weighted by Gasteiger charge is 2.12. The highest BCUT2D eigenvalue weighted by Crippen LogP contribution is 2.12. The molecule has 3 heteroatoms. The quantitative estimate of drug-likeness (QED) is 0.656. The van der Waals surface area contributed by atoms with Crippen LogP contribution in [-0.4, -0.2) is 11.2 Å². The fraction of sp³-hybridized carbons (Fsp3) is 0.625. The van der Waals surface area contributed by atoms with E-state index in [4.69, 9.17) is 5.11 Å². The Morgan fingerprint density at radius 2 is 2.36 bits per heavy atom. The first-order valence-electron chi connectivity index (χ1n) is 3.72. The van der Waals surface area contributed by atoms with E-state index < -0.39 is 0 Å². The molecule has 2 nitrogen and oxygen atoms in total. The second-order valence-corrected chi connectivity index (χ2v) is 3.84. The molecule has 0 aliphatic carbocycles. The van der Waals surface area contributed by atoms with E-state index in [0.29, 0.717) is 0 Å². The fourth-order valence-corrected chi connectivity index (χ4v) is 2.06. The summed E-state index contributed by atoms with van der Waals surface area (Å²) >= 11 is 1.71. The molecule has 1 N–H and O–H groups in total.